The molecule has 5 heteroatoms. The molecule has 2 fully saturated rings. The molecule has 2 amide bonds. The molecule has 96 valence electrons. The summed E-state index contributed by atoms with van der Waals surface area (Å²) in [6.07, 6.45) is 2.87. The van der Waals surface area contributed by atoms with Gasteiger partial charge in [-0.2, -0.15) is 0 Å². The molecule has 2 unspecified atom stereocenters. The van der Waals surface area contributed by atoms with E-state index < -0.39 is 0 Å². The van der Waals surface area contributed by atoms with Crippen LogP contribution in [0.4, 0.5) is 0 Å². The van der Waals surface area contributed by atoms with Gasteiger partial charge in [-0.25, -0.2) is 0 Å². The summed E-state index contributed by atoms with van der Waals surface area (Å²) in [6.45, 7) is 2.90. The van der Waals surface area contributed by atoms with Crippen LogP contribution in [0.5, 0.6) is 0 Å². The molecular weight excluding hydrogens is 218 g/mol. The van der Waals surface area contributed by atoms with E-state index in [4.69, 9.17) is 0 Å². The molecule has 0 radical (unpaired) electrons. The summed E-state index contributed by atoms with van der Waals surface area (Å²) in [6, 6.07) is 0.800. The molecule has 2 atom stereocenters. The van der Waals surface area contributed by atoms with Crippen molar-refractivity contribution in [2.24, 2.45) is 0 Å². The Hall–Kier alpha value is -0.940. The van der Waals surface area contributed by atoms with Gasteiger partial charge in [0.25, 0.3) is 0 Å². The Morgan fingerprint density at radius 3 is 2.59 bits per heavy atom. The van der Waals surface area contributed by atoms with Gasteiger partial charge < -0.3 is 5.32 Å². The van der Waals surface area contributed by atoms with E-state index in [1.807, 2.05) is 0 Å². The summed E-state index contributed by atoms with van der Waals surface area (Å²) >= 11 is 0. The number of rotatable bonds is 5. The topological polar surface area (TPSA) is 52.7 Å². The van der Waals surface area contributed by atoms with Gasteiger partial charge in [-0.15, -0.1) is 0 Å². The number of carbonyl (C=O) groups is 2. The van der Waals surface area contributed by atoms with E-state index in [2.05, 4.69) is 24.2 Å². The van der Waals surface area contributed by atoms with E-state index in [9.17, 15) is 9.59 Å². The van der Waals surface area contributed by atoms with Crippen LogP contribution < -0.4 is 5.32 Å². The lowest BCUT2D eigenvalue weighted by molar-refractivity contribution is -0.137. The Bertz CT molecular complexity index is 328. The molecule has 0 bridgehead atoms. The smallest absolute Gasteiger partial charge is 0.246 e. The van der Waals surface area contributed by atoms with Crippen molar-refractivity contribution in [3.63, 3.8) is 0 Å². The largest absolute Gasteiger partial charge is 0.304 e. The van der Waals surface area contributed by atoms with Crippen LogP contribution in [0.25, 0.3) is 0 Å². The Morgan fingerprint density at radius 1 is 1.47 bits per heavy atom. The molecule has 0 spiro atoms. The number of nitrogens with zero attached hydrogens (tertiary/aromatic N) is 2. The molecule has 1 heterocycles. The van der Waals surface area contributed by atoms with Crippen molar-refractivity contribution in [1.29, 1.82) is 0 Å². The molecule has 0 aromatic carbocycles. The molecule has 1 N–H and O–H groups in total. The van der Waals surface area contributed by atoms with Crippen LogP contribution >= 0.6 is 0 Å². The second kappa shape index (κ2) is 4.74. The van der Waals surface area contributed by atoms with Gasteiger partial charge in [0.2, 0.25) is 11.8 Å². The van der Waals surface area contributed by atoms with E-state index in [1.165, 1.54) is 17.7 Å². The van der Waals surface area contributed by atoms with Gasteiger partial charge in [-0.3, -0.25) is 19.4 Å². The summed E-state index contributed by atoms with van der Waals surface area (Å²) in [5.74, 6) is -0.188. The number of likely N-dealkylation sites (tertiary alicyclic amines) is 1. The highest BCUT2D eigenvalue weighted by molar-refractivity contribution is 6.05. The quantitative estimate of drug-likeness (QED) is 0.676. The summed E-state index contributed by atoms with van der Waals surface area (Å²) in [5, 5.41) is 3.20. The molecular formula is C12H21N3O2. The third kappa shape index (κ3) is 2.66. The lowest BCUT2D eigenvalue weighted by Gasteiger charge is -2.25. The zero-order valence-corrected chi connectivity index (χ0v) is 10.8. The van der Waals surface area contributed by atoms with Crippen molar-refractivity contribution >= 4 is 11.8 Å². The molecule has 0 aromatic rings. The molecule has 2 aliphatic rings. The summed E-state index contributed by atoms with van der Waals surface area (Å²) in [7, 11) is 3.67. The highest BCUT2D eigenvalue weighted by Gasteiger charge is 2.36. The summed E-state index contributed by atoms with van der Waals surface area (Å²) in [4.78, 5) is 26.6. The van der Waals surface area contributed by atoms with Crippen LogP contribution in [0.2, 0.25) is 0 Å². The van der Waals surface area contributed by atoms with Gasteiger partial charge in [0.15, 0.2) is 0 Å². The highest BCUT2D eigenvalue weighted by atomic mass is 16.2. The monoisotopic (exact) mass is 239 g/mol. The van der Waals surface area contributed by atoms with Crippen LogP contribution in [0.1, 0.15) is 26.2 Å². The first kappa shape index (κ1) is 12.5. The van der Waals surface area contributed by atoms with Crippen LogP contribution in [0, 0.1) is 0 Å². The number of nitrogens with one attached hydrogen (secondary N) is 1. The summed E-state index contributed by atoms with van der Waals surface area (Å²) in [5.41, 5.74) is 0. The van der Waals surface area contributed by atoms with Crippen molar-refractivity contribution in [3.05, 3.63) is 0 Å². The SMILES string of the molecule is CC(CNC1CC(=O)N(C)C1=O)N(C)C1CC1. The van der Waals surface area contributed by atoms with E-state index in [-0.39, 0.29) is 17.9 Å². The van der Waals surface area contributed by atoms with Crippen LogP contribution in [-0.2, 0) is 9.59 Å². The highest BCUT2D eigenvalue weighted by Crippen LogP contribution is 2.26. The molecule has 1 saturated carbocycles. The number of hydrogen-bond acceptors (Lipinski definition) is 4. The lowest BCUT2D eigenvalue weighted by Crippen LogP contribution is -2.45. The van der Waals surface area contributed by atoms with Crippen LogP contribution in [-0.4, -0.2) is 60.4 Å². The first-order valence-corrected chi connectivity index (χ1v) is 6.26. The first-order chi connectivity index (χ1) is 8.00. The predicted octanol–water partition coefficient (Wildman–Crippen LogP) is -0.184. The maximum absolute atomic E-state index is 11.7. The Balaban J connectivity index is 1.78. The van der Waals surface area contributed by atoms with E-state index in [0.29, 0.717) is 12.5 Å². The minimum Gasteiger partial charge on any atom is -0.304 e. The standard InChI is InChI=1S/C12H21N3O2/c1-8(14(2)9-4-5-9)7-13-10-6-11(16)15(3)12(10)17/h8-10,13H,4-7H2,1-3H3. The normalized spacial score (nSPS) is 27.1. The Kier molecular flexibility index (Phi) is 3.49. The molecule has 1 aliphatic heterocycles. The van der Waals surface area contributed by atoms with Gasteiger partial charge in [-0.05, 0) is 26.8 Å². The second-order valence-corrected chi connectivity index (χ2v) is 5.20. The Morgan fingerprint density at radius 2 is 2.12 bits per heavy atom. The fourth-order valence-electron chi connectivity index (χ4n) is 2.21. The molecule has 1 saturated heterocycles. The van der Waals surface area contributed by atoms with Gasteiger partial charge in [0.05, 0.1) is 12.5 Å². The summed E-state index contributed by atoms with van der Waals surface area (Å²) < 4.78 is 0. The zero-order valence-electron chi connectivity index (χ0n) is 10.8. The number of carbonyl (C=O) groups excluding carboxylic acids is 2. The van der Waals surface area contributed by atoms with Gasteiger partial charge in [0, 0.05) is 25.7 Å². The minimum absolute atomic E-state index is 0.0873. The van der Waals surface area contributed by atoms with Crippen molar-refractivity contribution in [3.8, 4) is 0 Å². The minimum atomic E-state index is -0.317. The third-order valence-corrected chi connectivity index (χ3v) is 3.86. The van der Waals surface area contributed by atoms with Gasteiger partial charge in [-0.1, -0.05) is 0 Å². The predicted molar refractivity (Wildman–Crippen MR) is 64.4 cm³/mol. The number of imide groups is 1. The van der Waals surface area contributed by atoms with Gasteiger partial charge in [0.1, 0.15) is 0 Å². The lowest BCUT2D eigenvalue weighted by atomic mass is 10.2. The van der Waals surface area contributed by atoms with Crippen molar-refractivity contribution in [2.45, 2.75) is 44.3 Å². The van der Waals surface area contributed by atoms with Crippen molar-refractivity contribution in [1.82, 2.24) is 15.1 Å². The van der Waals surface area contributed by atoms with Crippen molar-refractivity contribution in [2.75, 3.05) is 20.6 Å². The number of hydrogen-bond donors (Lipinski definition) is 1. The second-order valence-electron chi connectivity index (χ2n) is 5.20. The number of amides is 2. The van der Waals surface area contributed by atoms with Gasteiger partial charge >= 0.3 is 0 Å². The Labute approximate surface area is 102 Å². The fraction of sp³-hybridized carbons (Fsp3) is 0.833. The van der Waals surface area contributed by atoms with Crippen LogP contribution in [0.15, 0.2) is 0 Å². The average Bonchev–Trinajstić information content (AvgIpc) is 3.11. The molecule has 2 rings (SSSR count). The fourth-order valence-corrected chi connectivity index (χ4v) is 2.21. The van der Waals surface area contributed by atoms with Crippen molar-refractivity contribution < 1.29 is 9.59 Å². The van der Waals surface area contributed by atoms with E-state index in [0.717, 1.165) is 12.6 Å². The van der Waals surface area contributed by atoms with Crippen LogP contribution in [0.3, 0.4) is 0 Å². The van der Waals surface area contributed by atoms with E-state index in [1.54, 1.807) is 7.05 Å². The molecule has 0 aromatic heterocycles. The zero-order chi connectivity index (χ0) is 12.6. The molecule has 1 aliphatic carbocycles. The number of likely N-dealkylation sites (N-methyl/N-ethyl adjacent to an activating group) is 2. The third-order valence-electron chi connectivity index (χ3n) is 3.86. The maximum atomic E-state index is 11.7. The maximum Gasteiger partial charge on any atom is 0.246 e. The average molecular weight is 239 g/mol. The first-order valence-electron chi connectivity index (χ1n) is 6.26. The van der Waals surface area contributed by atoms with E-state index >= 15 is 0 Å². The molecule has 5 nitrogen and oxygen atoms in total. The molecule has 17 heavy (non-hydrogen) atoms.